The predicted octanol–water partition coefficient (Wildman–Crippen LogP) is 1.65. The van der Waals surface area contributed by atoms with Crippen LogP contribution in [-0.4, -0.2) is 37.1 Å². The number of anilines is 2. The lowest BCUT2D eigenvalue weighted by Gasteiger charge is -2.29. The molecule has 0 atom stereocenters. The number of pyridine rings is 1. The van der Waals surface area contributed by atoms with E-state index in [0.717, 1.165) is 54.5 Å². The SMILES string of the molecule is O=C1Cc2ccccc2-c2nc(N3CCNCC3)ccc2N1. The Hall–Kier alpha value is -2.40. The van der Waals surface area contributed by atoms with Gasteiger partial charge < -0.3 is 15.5 Å². The van der Waals surface area contributed by atoms with Crippen LogP contribution in [0.25, 0.3) is 11.3 Å². The van der Waals surface area contributed by atoms with E-state index < -0.39 is 0 Å². The fourth-order valence-electron chi connectivity index (χ4n) is 3.10. The molecule has 4 rings (SSSR count). The average molecular weight is 294 g/mol. The van der Waals surface area contributed by atoms with Gasteiger partial charge >= 0.3 is 0 Å². The summed E-state index contributed by atoms with van der Waals surface area (Å²) < 4.78 is 0. The lowest BCUT2D eigenvalue weighted by molar-refractivity contribution is -0.115. The molecule has 0 bridgehead atoms. The molecule has 1 aromatic carbocycles. The van der Waals surface area contributed by atoms with Crippen LogP contribution in [0.4, 0.5) is 11.5 Å². The van der Waals surface area contributed by atoms with Gasteiger partial charge in [0.1, 0.15) is 5.82 Å². The third kappa shape index (κ3) is 2.33. The van der Waals surface area contributed by atoms with E-state index in [9.17, 15) is 4.79 Å². The van der Waals surface area contributed by atoms with E-state index in [4.69, 9.17) is 4.98 Å². The first-order valence-corrected chi connectivity index (χ1v) is 7.66. The predicted molar refractivity (Wildman–Crippen MR) is 87.1 cm³/mol. The molecule has 1 saturated heterocycles. The first kappa shape index (κ1) is 13.3. The van der Waals surface area contributed by atoms with E-state index in [1.54, 1.807) is 0 Å². The van der Waals surface area contributed by atoms with E-state index in [1.165, 1.54) is 0 Å². The molecular weight excluding hydrogens is 276 g/mol. The number of hydrogen-bond acceptors (Lipinski definition) is 4. The number of piperazine rings is 1. The van der Waals surface area contributed by atoms with Crippen molar-refractivity contribution < 1.29 is 4.79 Å². The summed E-state index contributed by atoms with van der Waals surface area (Å²) >= 11 is 0. The molecule has 1 aromatic heterocycles. The van der Waals surface area contributed by atoms with Gasteiger partial charge in [-0.05, 0) is 17.7 Å². The number of nitrogens with one attached hydrogen (secondary N) is 2. The van der Waals surface area contributed by atoms with E-state index in [1.807, 2.05) is 36.4 Å². The summed E-state index contributed by atoms with van der Waals surface area (Å²) in [6, 6.07) is 12.0. The van der Waals surface area contributed by atoms with Crippen molar-refractivity contribution >= 4 is 17.4 Å². The molecule has 2 aliphatic heterocycles. The second-order valence-electron chi connectivity index (χ2n) is 5.68. The Morgan fingerprint density at radius 2 is 1.86 bits per heavy atom. The lowest BCUT2D eigenvalue weighted by atomic mass is 10.0. The Balaban J connectivity index is 1.82. The van der Waals surface area contributed by atoms with Gasteiger partial charge in [-0.3, -0.25) is 4.79 Å². The van der Waals surface area contributed by atoms with Crippen molar-refractivity contribution in [3.8, 4) is 11.3 Å². The molecule has 3 heterocycles. The van der Waals surface area contributed by atoms with Gasteiger partial charge in [-0.1, -0.05) is 24.3 Å². The first-order chi connectivity index (χ1) is 10.8. The van der Waals surface area contributed by atoms with Crippen LogP contribution >= 0.6 is 0 Å². The van der Waals surface area contributed by atoms with Gasteiger partial charge in [-0.2, -0.15) is 0 Å². The van der Waals surface area contributed by atoms with Crippen LogP contribution < -0.4 is 15.5 Å². The van der Waals surface area contributed by atoms with Gasteiger partial charge in [-0.25, -0.2) is 4.98 Å². The Morgan fingerprint density at radius 1 is 1.05 bits per heavy atom. The normalized spacial score (nSPS) is 17.3. The molecule has 2 aromatic rings. The first-order valence-electron chi connectivity index (χ1n) is 7.66. The molecule has 0 radical (unpaired) electrons. The summed E-state index contributed by atoms with van der Waals surface area (Å²) in [6.45, 7) is 3.87. The van der Waals surface area contributed by atoms with Gasteiger partial charge in [0.2, 0.25) is 5.91 Å². The van der Waals surface area contributed by atoms with Gasteiger partial charge in [0.15, 0.2) is 0 Å². The standard InChI is InChI=1S/C17H18N4O/c22-16-11-12-3-1-2-4-13(12)17-14(19-16)5-6-15(20-17)21-9-7-18-8-10-21/h1-6,18H,7-11H2,(H,19,22). The molecule has 2 N–H and O–H groups in total. The summed E-state index contributed by atoms with van der Waals surface area (Å²) in [4.78, 5) is 19.2. The number of fused-ring (bicyclic) bond motifs is 3. The van der Waals surface area contributed by atoms with Crippen LogP contribution in [0.15, 0.2) is 36.4 Å². The Morgan fingerprint density at radius 3 is 2.73 bits per heavy atom. The minimum absolute atomic E-state index is 0.0166. The number of amides is 1. The summed E-state index contributed by atoms with van der Waals surface area (Å²) in [5.74, 6) is 0.995. The van der Waals surface area contributed by atoms with Crippen molar-refractivity contribution in [2.24, 2.45) is 0 Å². The number of carbonyl (C=O) groups excluding carboxylic acids is 1. The highest BCUT2D eigenvalue weighted by Crippen LogP contribution is 2.33. The zero-order valence-electron chi connectivity index (χ0n) is 12.3. The highest BCUT2D eigenvalue weighted by Gasteiger charge is 2.21. The molecule has 1 fully saturated rings. The van der Waals surface area contributed by atoms with Gasteiger partial charge in [0.05, 0.1) is 17.8 Å². The van der Waals surface area contributed by atoms with Crippen molar-refractivity contribution in [1.82, 2.24) is 10.3 Å². The second-order valence-corrected chi connectivity index (χ2v) is 5.68. The molecule has 0 saturated carbocycles. The molecule has 112 valence electrons. The highest BCUT2D eigenvalue weighted by molar-refractivity contribution is 5.99. The largest absolute Gasteiger partial charge is 0.354 e. The molecule has 0 aliphatic carbocycles. The maximum absolute atomic E-state index is 12.0. The molecular formula is C17H18N4O. The monoisotopic (exact) mass is 294 g/mol. The summed E-state index contributed by atoms with van der Waals surface area (Å²) in [6.07, 6.45) is 0.398. The quantitative estimate of drug-likeness (QED) is 0.840. The third-order valence-electron chi connectivity index (χ3n) is 4.22. The van der Waals surface area contributed by atoms with Crippen molar-refractivity contribution in [1.29, 1.82) is 0 Å². The molecule has 5 heteroatoms. The van der Waals surface area contributed by atoms with Crippen molar-refractivity contribution in [2.75, 3.05) is 36.4 Å². The summed E-state index contributed by atoms with van der Waals surface area (Å²) in [5, 5.41) is 6.32. The van der Waals surface area contributed by atoms with Crippen LogP contribution in [0.3, 0.4) is 0 Å². The molecule has 5 nitrogen and oxygen atoms in total. The number of aromatic nitrogens is 1. The van der Waals surface area contributed by atoms with Gasteiger partial charge in [-0.15, -0.1) is 0 Å². The maximum Gasteiger partial charge on any atom is 0.228 e. The topological polar surface area (TPSA) is 57.3 Å². The van der Waals surface area contributed by atoms with E-state index in [-0.39, 0.29) is 5.91 Å². The van der Waals surface area contributed by atoms with Crippen molar-refractivity contribution in [2.45, 2.75) is 6.42 Å². The minimum atomic E-state index is 0.0166. The van der Waals surface area contributed by atoms with Crippen LogP contribution in [0.5, 0.6) is 0 Å². The average Bonchev–Trinajstić information content (AvgIpc) is 2.70. The van der Waals surface area contributed by atoms with Crippen LogP contribution in [0.2, 0.25) is 0 Å². The minimum Gasteiger partial charge on any atom is -0.354 e. The van der Waals surface area contributed by atoms with E-state index in [2.05, 4.69) is 15.5 Å². The zero-order valence-corrected chi connectivity index (χ0v) is 12.3. The fourth-order valence-corrected chi connectivity index (χ4v) is 3.10. The Kier molecular flexibility index (Phi) is 3.27. The number of hydrogen-bond donors (Lipinski definition) is 2. The van der Waals surface area contributed by atoms with Crippen LogP contribution in [-0.2, 0) is 11.2 Å². The molecule has 22 heavy (non-hydrogen) atoms. The Bertz CT molecular complexity index is 722. The van der Waals surface area contributed by atoms with E-state index in [0.29, 0.717) is 6.42 Å². The van der Waals surface area contributed by atoms with Crippen molar-refractivity contribution in [3.05, 3.63) is 42.0 Å². The highest BCUT2D eigenvalue weighted by atomic mass is 16.1. The summed E-state index contributed by atoms with van der Waals surface area (Å²) in [7, 11) is 0. The van der Waals surface area contributed by atoms with Gasteiger partial charge in [0, 0.05) is 31.7 Å². The van der Waals surface area contributed by atoms with Crippen molar-refractivity contribution in [3.63, 3.8) is 0 Å². The molecule has 0 spiro atoms. The lowest BCUT2D eigenvalue weighted by Crippen LogP contribution is -2.43. The number of benzene rings is 1. The maximum atomic E-state index is 12.0. The smallest absolute Gasteiger partial charge is 0.228 e. The summed E-state index contributed by atoms with van der Waals surface area (Å²) in [5.41, 5.74) is 3.75. The zero-order chi connectivity index (χ0) is 14.9. The third-order valence-corrected chi connectivity index (χ3v) is 4.22. The van der Waals surface area contributed by atoms with Crippen LogP contribution in [0.1, 0.15) is 5.56 Å². The number of carbonyl (C=O) groups is 1. The molecule has 1 amide bonds. The fraction of sp³-hybridized carbons (Fsp3) is 0.294. The van der Waals surface area contributed by atoms with Crippen LogP contribution in [0, 0.1) is 0 Å². The molecule has 2 aliphatic rings. The number of nitrogens with zero attached hydrogens (tertiary/aromatic N) is 2. The Labute approximate surface area is 129 Å². The number of rotatable bonds is 1. The molecule has 0 unspecified atom stereocenters. The van der Waals surface area contributed by atoms with E-state index >= 15 is 0 Å². The van der Waals surface area contributed by atoms with Gasteiger partial charge in [0.25, 0.3) is 0 Å². The second kappa shape index (κ2) is 5.42.